The largest absolute Gasteiger partial charge is 0.468 e. The zero-order chi connectivity index (χ0) is 18.2. The van der Waals surface area contributed by atoms with Gasteiger partial charge in [0.1, 0.15) is 17.2 Å². The van der Waals surface area contributed by atoms with Crippen molar-refractivity contribution in [2.75, 3.05) is 26.1 Å². The molecule has 2 aromatic rings. The Balaban J connectivity index is 2.01. The van der Waals surface area contributed by atoms with Gasteiger partial charge in [-0.1, -0.05) is 6.07 Å². The molecule has 0 bridgehead atoms. The molecule has 2 N–H and O–H groups in total. The van der Waals surface area contributed by atoms with Gasteiger partial charge in [0.2, 0.25) is 0 Å². The van der Waals surface area contributed by atoms with Crippen molar-refractivity contribution in [2.24, 2.45) is 0 Å². The molecule has 0 spiro atoms. The van der Waals surface area contributed by atoms with E-state index >= 15 is 0 Å². The maximum atomic E-state index is 12.2. The first-order valence-electron chi connectivity index (χ1n) is 7.23. The minimum Gasteiger partial charge on any atom is -0.468 e. The summed E-state index contributed by atoms with van der Waals surface area (Å²) in [6.07, 6.45) is 0. The summed E-state index contributed by atoms with van der Waals surface area (Å²) in [6, 6.07) is 6.35. The summed E-state index contributed by atoms with van der Waals surface area (Å²) in [5.41, 5.74) is 1.02. The number of nitrogens with one attached hydrogen (secondary N) is 2. The molecule has 1 aromatic heterocycles. The number of thiazole rings is 1. The molecule has 0 aliphatic rings. The maximum absolute atomic E-state index is 12.2. The number of ether oxygens (including phenoxy) is 2. The van der Waals surface area contributed by atoms with Gasteiger partial charge in [-0.3, -0.25) is 14.4 Å². The van der Waals surface area contributed by atoms with Crippen molar-refractivity contribution in [2.45, 2.75) is 6.61 Å². The molecular weight excluding hydrogens is 346 g/mol. The Hall–Kier alpha value is -2.78. The third-order valence-corrected chi connectivity index (χ3v) is 3.88. The summed E-state index contributed by atoms with van der Waals surface area (Å²) in [7, 11) is 2.79. The standard InChI is InChI=1S/C16H17N3O5S/c1-23-8-13-19-12(9-25-13)16(22)18-11-5-3-4-10(6-11)15(21)17-7-14(20)24-2/h3-6,9H,7-8H2,1-2H3,(H,17,21)(H,18,22). The van der Waals surface area contributed by atoms with Crippen molar-refractivity contribution in [1.29, 1.82) is 0 Å². The summed E-state index contributed by atoms with van der Waals surface area (Å²) in [5.74, 6) is -1.38. The molecule has 0 radical (unpaired) electrons. The van der Waals surface area contributed by atoms with E-state index in [1.165, 1.54) is 24.5 Å². The smallest absolute Gasteiger partial charge is 0.325 e. The molecule has 2 rings (SSSR count). The van der Waals surface area contributed by atoms with Crippen molar-refractivity contribution >= 4 is 34.8 Å². The Morgan fingerprint density at radius 2 is 2.00 bits per heavy atom. The minimum atomic E-state index is -0.548. The second-order valence-corrected chi connectivity index (χ2v) is 5.80. The van der Waals surface area contributed by atoms with E-state index in [0.29, 0.717) is 22.9 Å². The molecular formula is C16H17N3O5S. The highest BCUT2D eigenvalue weighted by molar-refractivity contribution is 7.09. The fourth-order valence-electron chi connectivity index (χ4n) is 1.86. The van der Waals surface area contributed by atoms with Crippen LogP contribution in [0.5, 0.6) is 0 Å². The van der Waals surface area contributed by atoms with Gasteiger partial charge in [0.05, 0.1) is 13.7 Å². The molecule has 25 heavy (non-hydrogen) atoms. The van der Waals surface area contributed by atoms with Gasteiger partial charge in [0, 0.05) is 23.7 Å². The first-order chi connectivity index (χ1) is 12.0. The highest BCUT2D eigenvalue weighted by Gasteiger charge is 2.13. The molecule has 0 aliphatic carbocycles. The number of carbonyl (C=O) groups is 3. The predicted molar refractivity (Wildman–Crippen MR) is 91.6 cm³/mol. The minimum absolute atomic E-state index is 0.229. The maximum Gasteiger partial charge on any atom is 0.325 e. The number of carbonyl (C=O) groups excluding carboxylic acids is 3. The van der Waals surface area contributed by atoms with Crippen LogP contribution >= 0.6 is 11.3 Å². The van der Waals surface area contributed by atoms with Crippen LogP contribution in [0.4, 0.5) is 5.69 Å². The molecule has 0 unspecified atom stereocenters. The lowest BCUT2D eigenvalue weighted by Crippen LogP contribution is -2.30. The van der Waals surface area contributed by atoms with Crippen LogP contribution in [0, 0.1) is 0 Å². The monoisotopic (exact) mass is 363 g/mol. The topological polar surface area (TPSA) is 107 Å². The SMILES string of the molecule is COCc1nc(C(=O)Nc2cccc(C(=O)NCC(=O)OC)c2)cs1. The molecule has 1 heterocycles. The fourth-order valence-corrected chi connectivity index (χ4v) is 2.61. The van der Waals surface area contributed by atoms with E-state index in [-0.39, 0.29) is 18.1 Å². The average Bonchev–Trinajstić information content (AvgIpc) is 3.08. The van der Waals surface area contributed by atoms with E-state index in [1.54, 1.807) is 30.7 Å². The first kappa shape index (κ1) is 18.6. The average molecular weight is 363 g/mol. The molecule has 0 aliphatic heterocycles. The summed E-state index contributed by atoms with van der Waals surface area (Å²) >= 11 is 1.33. The molecule has 9 heteroatoms. The second kappa shape index (κ2) is 8.90. The number of hydrogen-bond acceptors (Lipinski definition) is 7. The Kier molecular flexibility index (Phi) is 6.61. The molecule has 0 atom stereocenters. The van der Waals surface area contributed by atoms with Gasteiger partial charge in [0.15, 0.2) is 0 Å². The second-order valence-electron chi connectivity index (χ2n) is 4.85. The van der Waals surface area contributed by atoms with Crippen LogP contribution in [-0.2, 0) is 20.9 Å². The number of methoxy groups -OCH3 is 2. The van der Waals surface area contributed by atoms with Crippen molar-refractivity contribution in [3.63, 3.8) is 0 Å². The third kappa shape index (κ3) is 5.37. The molecule has 2 amide bonds. The van der Waals surface area contributed by atoms with Crippen molar-refractivity contribution < 1.29 is 23.9 Å². The number of anilines is 1. The van der Waals surface area contributed by atoms with Crippen LogP contribution in [0.2, 0.25) is 0 Å². The number of esters is 1. The van der Waals surface area contributed by atoms with Crippen molar-refractivity contribution in [3.05, 3.63) is 45.9 Å². The van der Waals surface area contributed by atoms with Crippen molar-refractivity contribution in [3.8, 4) is 0 Å². The molecule has 0 fully saturated rings. The number of rotatable bonds is 7. The van der Waals surface area contributed by atoms with Crippen LogP contribution in [0.25, 0.3) is 0 Å². The summed E-state index contributed by atoms with van der Waals surface area (Å²) in [5, 5.41) is 7.44. The van der Waals surface area contributed by atoms with Crippen LogP contribution in [-0.4, -0.2) is 43.5 Å². The van der Waals surface area contributed by atoms with Gasteiger partial charge >= 0.3 is 5.97 Å². The normalized spacial score (nSPS) is 10.2. The number of benzene rings is 1. The van der Waals surface area contributed by atoms with E-state index in [2.05, 4.69) is 20.4 Å². The molecule has 8 nitrogen and oxygen atoms in total. The Morgan fingerprint density at radius 3 is 2.72 bits per heavy atom. The van der Waals surface area contributed by atoms with Gasteiger partial charge in [-0.2, -0.15) is 0 Å². The Labute approximate surface area is 148 Å². The Bertz CT molecular complexity index is 775. The fraction of sp³-hybridized carbons (Fsp3) is 0.250. The van der Waals surface area contributed by atoms with Crippen LogP contribution < -0.4 is 10.6 Å². The van der Waals surface area contributed by atoms with Crippen molar-refractivity contribution in [1.82, 2.24) is 10.3 Å². The van der Waals surface area contributed by atoms with E-state index in [4.69, 9.17) is 4.74 Å². The quantitative estimate of drug-likeness (QED) is 0.721. The van der Waals surface area contributed by atoms with Gasteiger partial charge in [-0.05, 0) is 18.2 Å². The van der Waals surface area contributed by atoms with E-state index < -0.39 is 11.9 Å². The molecule has 0 saturated carbocycles. The lowest BCUT2D eigenvalue weighted by Gasteiger charge is -2.07. The van der Waals surface area contributed by atoms with Gasteiger partial charge in [-0.25, -0.2) is 4.98 Å². The predicted octanol–water partition coefficient (Wildman–Crippen LogP) is 1.44. The summed E-state index contributed by atoms with van der Waals surface area (Å²) < 4.78 is 9.42. The zero-order valence-electron chi connectivity index (χ0n) is 13.7. The van der Waals surface area contributed by atoms with E-state index in [0.717, 1.165) is 0 Å². The highest BCUT2D eigenvalue weighted by atomic mass is 32.1. The first-order valence-corrected chi connectivity index (χ1v) is 8.11. The van der Waals surface area contributed by atoms with Gasteiger partial charge < -0.3 is 20.1 Å². The van der Waals surface area contributed by atoms with E-state index in [1.807, 2.05) is 0 Å². The van der Waals surface area contributed by atoms with Gasteiger partial charge in [0.25, 0.3) is 11.8 Å². The third-order valence-electron chi connectivity index (χ3n) is 3.06. The van der Waals surface area contributed by atoms with Crippen LogP contribution in [0.1, 0.15) is 25.9 Å². The lowest BCUT2D eigenvalue weighted by atomic mass is 10.2. The van der Waals surface area contributed by atoms with Gasteiger partial charge in [-0.15, -0.1) is 11.3 Å². The number of nitrogens with zero attached hydrogens (tertiary/aromatic N) is 1. The highest BCUT2D eigenvalue weighted by Crippen LogP contribution is 2.15. The molecule has 0 saturated heterocycles. The van der Waals surface area contributed by atoms with E-state index in [9.17, 15) is 14.4 Å². The van der Waals surface area contributed by atoms with Crippen LogP contribution in [0.3, 0.4) is 0 Å². The zero-order valence-corrected chi connectivity index (χ0v) is 14.5. The number of hydrogen-bond donors (Lipinski definition) is 2. The lowest BCUT2D eigenvalue weighted by molar-refractivity contribution is -0.139. The number of amides is 2. The Morgan fingerprint density at radius 1 is 1.20 bits per heavy atom. The molecule has 1 aromatic carbocycles. The number of aromatic nitrogens is 1. The molecule has 132 valence electrons. The summed E-state index contributed by atoms with van der Waals surface area (Å²) in [6.45, 7) is 0.112. The summed E-state index contributed by atoms with van der Waals surface area (Å²) in [4.78, 5) is 39.4. The van der Waals surface area contributed by atoms with Crippen LogP contribution in [0.15, 0.2) is 29.6 Å².